The molecule has 0 aromatic rings. The third-order valence-electron chi connectivity index (χ3n) is 6.26. The normalized spacial score (nSPS) is 42.9. The summed E-state index contributed by atoms with van der Waals surface area (Å²) in [5, 5.41) is 3.91. The summed E-state index contributed by atoms with van der Waals surface area (Å²) in [5.74, 6) is 1.69. The van der Waals surface area contributed by atoms with Crippen molar-refractivity contribution in [2.45, 2.75) is 72.9 Å². The molecule has 2 rings (SSSR count). The second kappa shape index (κ2) is 3.73. The van der Waals surface area contributed by atoms with Crippen LogP contribution in [0.3, 0.4) is 0 Å². The van der Waals surface area contributed by atoms with Crippen molar-refractivity contribution in [3.8, 4) is 0 Å². The Labute approximate surface area is 101 Å². The summed E-state index contributed by atoms with van der Waals surface area (Å²) in [6.45, 7) is 14.5. The van der Waals surface area contributed by atoms with E-state index < -0.39 is 0 Å². The SMILES string of the molecule is CC(C)C(C)NC1CC2CCC1(C)C2(C)C. The summed E-state index contributed by atoms with van der Waals surface area (Å²) in [4.78, 5) is 0. The van der Waals surface area contributed by atoms with Crippen LogP contribution in [0.15, 0.2) is 0 Å². The Bertz CT molecular complexity index is 269. The van der Waals surface area contributed by atoms with Crippen LogP contribution in [-0.2, 0) is 0 Å². The van der Waals surface area contributed by atoms with Crippen LogP contribution in [0.1, 0.15) is 60.8 Å². The summed E-state index contributed by atoms with van der Waals surface area (Å²) in [6.07, 6.45) is 4.28. The van der Waals surface area contributed by atoms with Gasteiger partial charge < -0.3 is 5.32 Å². The van der Waals surface area contributed by atoms with Gasteiger partial charge in [0.25, 0.3) is 0 Å². The summed E-state index contributed by atoms with van der Waals surface area (Å²) in [6, 6.07) is 1.40. The molecule has 0 aromatic carbocycles. The van der Waals surface area contributed by atoms with Crippen molar-refractivity contribution >= 4 is 0 Å². The Morgan fingerprint density at radius 2 is 1.75 bits per heavy atom. The summed E-state index contributed by atoms with van der Waals surface area (Å²) < 4.78 is 0. The number of fused-ring (bicyclic) bond motifs is 2. The van der Waals surface area contributed by atoms with Crippen LogP contribution in [0.25, 0.3) is 0 Å². The van der Waals surface area contributed by atoms with Gasteiger partial charge in [-0.25, -0.2) is 0 Å². The molecule has 4 unspecified atom stereocenters. The molecule has 0 saturated heterocycles. The molecule has 0 aliphatic heterocycles. The molecule has 0 radical (unpaired) electrons. The highest BCUT2D eigenvalue weighted by atomic mass is 15.0. The van der Waals surface area contributed by atoms with E-state index in [0.29, 0.717) is 16.9 Å². The lowest BCUT2D eigenvalue weighted by Crippen LogP contribution is -2.49. The molecule has 0 spiro atoms. The summed E-state index contributed by atoms with van der Waals surface area (Å²) in [5.41, 5.74) is 1.07. The molecule has 2 bridgehead atoms. The van der Waals surface area contributed by atoms with E-state index in [1.54, 1.807) is 0 Å². The highest BCUT2D eigenvalue weighted by Crippen LogP contribution is 2.65. The molecule has 2 aliphatic rings. The molecular weight excluding hydrogens is 194 g/mol. The zero-order valence-corrected chi connectivity index (χ0v) is 11.9. The van der Waals surface area contributed by atoms with Crippen molar-refractivity contribution in [1.29, 1.82) is 0 Å². The molecule has 1 heteroatoms. The topological polar surface area (TPSA) is 12.0 Å². The van der Waals surface area contributed by atoms with Crippen LogP contribution < -0.4 is 5.32 Å². The minimum absolute atomic E-state index is 0.529. The Hall–Kier alpha value is -0.0400. The molecule has 4 atom stereocenters. The molecule has 94 valence electrons. The quantitative estimate of drug-likeness (QED) is 0.766. The van der Waals surface area contributed by atoms with E-state index in [1.165, 1.54) is 19.3 Å². The minimum atomic E-state index is 0.529. The fraction of sp³-hybridized carbons (Fsp3) is 1.00. The third kappa shape index (κ3) is 1.54. The number of rotatable bonds is 3. The zero-order chi connectivity index (χ0) is 12.1. The monoisotopic (exact) mass is 223 g/mol. The number of hydrogen-bond donors (Lipinski definition) is 1. The van der Waals surface area contributed by atoms with E-state index in [0.717, 1.165) is 17.9 Å². The number of hydrogen-bond acceptors (Lipinski definition) is 1. The summed E-state index contributed by atoms with van der Waals surface area (Å²) in [7, 11) is 0. The molecule has 2 aliphatic carbocycles. The zero-order valence-electron chi connectivity index (χ0n) is 11.9. The first kappa shape index (κ1) is 12.4. The molecule has 16 heavy (non-hydrogen) atoms. The Balaban J connectivity index is 2.10. The molecule has 1 nitrogen and oxygen atoms in total. The van der Waals surface area contributed by atoms with Crippen molar-refractivity contribution in [2.75, 3.05) is 0 Å². The molecular formula is C15H29N. The van der Waals surface area contributed by atoms with Crippen molar-refractivity contribution in [3.05, 3.63) is 0 Å². The smallest absolute Gasteiger partial charge is 0.0131 e. The maximum absolute atomic E-state index is 3.91. The molecule has 0 heterocycles. The van der Waals surface area contributed by atoms with Crippen LogP contribution in [-0.4, -0.2) is 12.1 Å². The van der Waals surface area contributed by atoms with Crippen LogP contribution in [0, 0.1) is 22.7 Å². The van der Waals surface area contributed by atoms with Gasteiger partial charge >= 0.3 is 0 Å². The van der Waals surface area contributed by atoms with E-state index >= 15 is 0 Å². The predicted octanol–water partition coefficient (Wildman–Crippen LogP) is 3.84. The van der Waals surface area contributed by atoms with Crippen molar-refractivity contribution < 1.29 is 0 Å². The second-order valence-corrected chi connectivity index (χ2v) is 7.36. The first-order valence-electron chi connectivity index (χ1n) is 7.05. The maximum Gasteiger partial charge on any atom is 0.0131 e. The van der Waals surface area contributed by atoms with Gasteiger partial charge in [0.15, 0.2) is 0 Å². The van der Waals surface area contributed by atoms with Crippen LogP contribution >= 0.6 is 0 Å². The largest absolute Gasteiger partial charge is 0.311 e. The van der Waals surface area contributed by atoms with Crippen molar-refractivity contribution in [3.63, 3.8) is 0 Å². The van der Waals surface area contributed by atoms with E-state index in [1.807, 2.05) is 0 Å². The fourth-order valence-electron chi connectivity index (χ4n) is 3.97. The molecule has 2 saturated carbocycles. The van der Waals surface area contributed by atoms with Gasteiger partial charge in [-0.2, -0.15) is 0 Å². The minimum Gasteiger partial charge on any atom is -0.311 e. The van der Waals surface area contributed by atoms with Gasteiger partial charge in [0.1, 0.15) is 0 Å². The van der Waals surface area contributed by atoms with E-state index in [4.69, 9.17) is 0 Å². The van der Waals surface area contributed by atoms with Crippen molar-refractivity contribution in [1.82, 2.24) is 5.32 Å². The lowest BCUT2D eigenvalue weighted by atomic mass is 9.69. The van der Waals surface area contributed by atoms with Gasteiger partial charge in [-0.15, -0.1) is 0 Å². The van der Waals surface area contributed by atoms with E-state index in [9.17, 15) is 0 Å². The molecule has 0 aromatic heterocycles. The lowest BCUT2D eigenvalue weighted by Gasteiger charge is -2.41. The molecule has 1 N–H and O–H groups in total. The Kier molecular flexibility index (Phi) is 2.89. The predicted molar refractivity (Wildman–Crippen MR) is 70.5 cm³/mol. The van der Waals surface area contributed by atoms with Gasteiger partial charge in [-0.3, -0.25) is 0 Å². The van der Waals surface area contributed by atoms with Gasteiger partial charge in [0, 0.05) is 12.1 Å². The number of nitrogens with one attached hydrogen (secondary N) is 1. The Morgan fingerprint density at radius 3 is 2.12 bits per heavy atom. The lowest BCUT2D eigenvalue weighted by molar-refractivity contribution is 0.112. The highest BCUT2D eigenvalue weighted by Gasteiger charge is 2.61. The fourth-order valence-corrected chi connectivity index (χ4v) is 3.97. The summed E-state index contributed by atoms with van der Waals surface area (Å²) >= 11 is 0. The van der Waals surface area contributed by atoms with Crippen LogP contribution in [0.2, 0.25) is 0 Å². The van der Waals surface area contributed by atoms with Crippen LogP contribution in [0.5, 0.6) is 0 Å². The average molecular weight is 223 g/mol. The van der Waals surface area contributed by atoms with Crippen LogP contribution in [0.4, 0.5) is 0 Å². The first-order chi connectivity index (χ1) is 7.29. The average Bonchev–Trinajstić information content (AvgIpc) is 2.50. The first-order valence-corrected chi connectivity index (χ1v) is 7.05. The maximum atomic E-state index is 3.91. The van der Waals surface area contributed by atoms with Gasteiger partial charge in [0.05, 0.1) is 0 Å². The van der Waals surface area contributed by atoms with Gasteiger partial charge in [-0.1, -0.05) is 34.6 Å². The van der Waals surface area contributed by atoms with Gasteiger partial charge in [-0.05, 0) is 48.9 Å². The molecule has 2 fully saturated rings. The molecule has 0 amide bonds. The third-order valence-corrected chi connectivity index (χ3v) is 6.26. The van der Waals surface area contributed by atoms with E-state index in [2.05, 4.69) is 46.9 Å². The van der Waals surface area contributed by atoms with Gasteiger partial charge in [0.2, 0.25) is 0 Å². The highest BCUT2D eigenvalue weighted by molar-refractivity contribution is 5.13. The van der Waals surface area contributed by atoms with E-state index in [-0.39, 0.29) is 0 Å². The Morgan fingerprint density at radius 1 is 1.12 bits per heavy atom. The second-order valence-electron chi connectivity index (χ2n) is 7.36. The standard InChI is InChI=1S/C15H29N/c1-10(2)11(3)16-13-9-12-7-8-15(13,6)14(12,4)5/h10-13,16H,7-9H2,1-6H3. The van der Waals surface area contributed by atoms with Crippen molar-refractivity contribution in [2.24, 2.45) is 22.7 Å².